The molecular formula is C19H19N5O3. The number of rotatable bonds is 8. The van der Waals surface area contributed by atoms with Gasteiger partial charge in [0.15, 0.2) is 0 Å². The van der Waals surface area contributed by atoms with E-state index in [1.54, 1.807) is 29.2 Å². The van der Waals surface area contributed by atoms with Crippen LogP contribution in [0, 0.1) is 10.1 Å². The Morgan fingerprint density at radius 2 is 1.81 bits per heavy atom. The first-order valence-corrected chi connectivity index (χ1v) is 8.45. The molecule has 8 heteroatoms. The molecule has 0 fully saturated rings. The number of aromatic nitrogens is 2. The average Bonchev–Trinajstić information content (AvgIpc) is 3.15. The van der Waals surface area contributed by atoms with Gasteiger partial charge in [-0.2, -0.15) is 5.10 Å². The third kappa shape index (κ3) is 5.15. The summed E-state index contributed by atoms with van der Waals surface area (Å²) in [5, 5.41) is 20.7. The summed E-state index contributed by atoms with van der Waals surface area (Å²) >= 11 is 0. The molecule has 3 aromatic rings. The number of non-ortho nitro benzene ring substituents is 1. The van der Waals surface area contributed by atoms with E-state index >= 15 is 0 Å². The van der Waals surface area contributed by atoms with Gasteiger partial charge in [0.25, 0.3) is 11.6 Å². The third-order valence-electron chi connectivity index (χ3n) is 3.90. The highest BCUT2D eigenvalue weighted by Crippen LogP contribution is 2.14. The molecule has 1 aromatic heterocycles. The normalized spacial score (nSPS) is 10.4. The number of nitrogens with one attached hydrogen (secondary N) is 2. The van der Waals surface area contributed by atoms with E-state index in [1.165, 1.54) is 12.1 Å². The molecule has 1 amide bonds. The second-order valence-electron chi connectivity index (χ2n) is 5.90. The first kappa shape index (κ1) is 18.1. The number of amides is 1. The predicted molar refractivity (Wildman–Crippen MR) is 102 cm³/mol. The molecule has 0 spiro atoms. The molecule has 0 saturated heterocycles. The molecule has 0 saturated carbocycles. The van der Waals surface area contributed by atoms with E-state index in [2.05, 4.69) is 15.7 Å². The van der Waals surface area contributed by atoms with Crippen molar-refractivity contribution in [2.45, 2.75) is 6.54 Å². The maximum Gasteiger partial charge on any atom is 0.269 e. The lowest BCUT2D eigenvalue weighted by molar-refractivity contribution is -0.384. The maximum absolute atomic E-state index is 12.2. The van der Waals surface area contributed by atoms with Gasteiger partial charge in [0.1, 0.15) is 0 Å². The quantitative estimate of drug-likeness (QED) is 0.363. The summed E-state index contributed by atoms with van der Waals surface area (Å²) in [5.41, 5.74) is 2.41. The van der Waals surface area contributed by atoms with Gasteiger partial charge in [0, 0.05) is 37.1 Å². The summed E-state index contributed by atoms with van der Waals surface area (Å²) in [4.78, 5) is 22.3. The fraction of sp³-hybridized carbons (Fsp3) is 0.158. The molecule has 0 atom stereocenters. The molecule has 3 rings (SSSR count). The number of nitro groups is 1. The minimum absolute atomic E-state index is 0.0429. The molecule has 2 N–H and O–H groups in total. The van der Waals surface area contributed by atoms with Crippen molar-refractivity contribution >= 4 is 17.3 Å². The van der Waals surface area contributed by atoms with Gasteiger partial charge in [-0.3, -0.25) is 19.6 Å². The number of hydrogen-bond donors (Lipinski definition) is 2. The SMILES string of the molecule is O=C(NCCNc1ccc([N+](=O)[O-])cc1)c1cnn(Cc2ccccc2)c1. The standard InChI is InChI=1S/C19H19N5O3/c25-19(16-12-22-23(14-16)13-15-4-2-1-3-5-15)21-11-10-20-17-6-8-18(9-7-17)24(26)27/h1-9,12,14,20H,10-11,13H2,(H,21,25). The number of nitro benzene ring substituents is 1. The second-order valence-corrected chi connectivity index (χ2v) is 5.90. The van der Waals surface area contributed by atoms with Crippen LogP contribution < -0.4 is 10.6 Å². The van der Waals surface area contributed by atoms with Gasteiger partial charge in [0.05, 0.1) is 23.2 Å². The molecule has 1 heterocycles. The molecule has 0 radical (unpaired) electrons. The van der Waals surface area contributed by atoms with Crippen molar-refractivity contribution in [3.8, 4) is 0 Å². The van der Waals surface area contributed by atoms with Crippen LogP contribution in [0.1, 0.15) is 15.9 Å². The van der Waals surface area contributed by atoms with Gasteiger partial charge in [-0.1, -0.05) is 30.3 Å². The van der Waals surface area contributed by atoms with E-state index in [4.69, 9.17) is 0 Å². The molecule has 0 aliphatic rings. The molecule has 27 heavy (non-hydrogen) atoms. The number of benzene rings is 2. The minimum Gasteiger partial charge on any atom is -0.383 e. The Labute approximate surface area is 156 Å². The van der Waals surface area contributed by atoms with E-state index < -0.39 is 4.92 Å². The molecule has 0 unspecified atom stereocenters. The lowest BCUT2D eigenvalue weighted by Crippen LogP contribution is -2.28. The van der Waals surface area contributed by atoms with E-state index in [0.29, 0.717) is 25.2 Å². The van der Waals surface area contributed by atoms with Gasteiger partial charge >= 0.3 is 0 Å². The lowest BCUT2D eigenvalue weighted by atomic mass is 10.2. The Morgan fingerprint density at radius 3 is 2.52 bits per heavy atom. The smallest absolute Gasteiger partial charge is 0.269 e. The summed E-state index contributed by atoms with van der Waals surface area (Å²) in [6, 6.07) is 16.0. The van der Waals surface area contributed by atoms with E-state index in [-0.39, 0.29) is 11.6 Å². The molecule has 138 valence electrons. The highest BCUT2D eigenvalue weighted by Gasteiger charge is 2.08. The third-order valence-corrected chi connectivity index (χ3v) is 3.90. The van der Waals surface area contributed by atoms with Crippen LogP contribution >= 0.6 is 0 Å². The second kappa shape index (κ2) is 8.61. The van der Waals surface area contributed by atoms with Crippen LogP contribution in [0.4, 0.5) is 11.4 Å². The van der Waals surface area contributed by atoms with E-state index in [9.17, 15) is 14.9 Å². The van der Waals surface area contributed by atoms with Crippen LogP contribution in [-0.2, 0) is 6.54 Å². The Bertz CT molecular complexity index is 907. The van der Waals surface area contributed by atoms with Gasteiger partial charge in [-0.15, -0.1) is 0 Å². The number of nitrogens with zero attached hydrogens (tertiary/aromatic N) is 3. The highest BCUT2D eigenvalue weighted by atomic mass is 16.6. The van der Waals surface area contributed by atoms with Gasteiger partial charge in [-0.05, 0) is 17.7 Å². The average molecular weight is 365 g/mol. The fourth-order valence-electron chi connectivity index (χ4n) is 2.52. The Kier molecular flexibility index (Phi) is 5.78. The molecule has 0 aliphatic carbocycles. The summed E-state index contributed by atoms with van der Waals surface area (Å²) in [7, 11) is 0. The van der Waals surface area contributed by atoms with Crippen LogP contribution in [0.5, 0.6) is 0 Å². The number of anilines is 1. The van der Waals surface area contributed by atoms with Crippen LogP contribution in [0.15, 0.2) is 67.0 Å². The van der Waals surface area contributed by atoms with Crippen molar-refractivity contribution < 1.29 is 9.72 Å². The van der Waals surface area contributed by atoms with Crippen molar-refractivity contribution in [2.24, 2.45) is 0 Å². The molecule has 0 bridgehead atoms. The van der Waals surface area contributed by atoms with Crippen molar-refractivity contribution in [1.29, 1.82) is 0 Å². The van der Waals surface area contributed by atoms with Crippen molar-refractivity contribution in [3.63, 3.8) is 0 Å². The maximum atomic E-state index is 12.2. The van der Waals surface area contributed by atoms with Crippen LogP contribution in [0.2, 0.25) is 0 Å². The largest absolute Gasteiger partial charge is 0.383 e. The zero-order chi connectivity index (χ0) is 19.1. The lowest BCUT2D eigenvalue weighted by Gasteiger charge is -2.07. The summed E-state index contributed by atoms with van der Waals surface area (Å²) < 4.78 is 1.72. The molecule has 8 nitrogen and oxygen atoms in total. The Hall–Kier alpha value is -3.68. The van der Waals surface area contributed by atoms with Crippen LogP contribution in [-0.4, -0.2) is 33.7 Å². The molecular weight excluding hydrogens is 346 g/mol. The van der Waals surface area contributed by atoms with Gasteiger partial charge in [-0.25, -0.2) is 0 Å². The Balaban J connectivity index is 1.43. The first-order chi connectivity index (χ1) is 13.1. The fourth-order valence-corrected chi connectivity index (χ4v) is 2.52. The molecule has 0 aliphatic heterocycles. The van der Waals surface area contributed by atoms with Crippen molar-refractivity contribution in [2.75, 3.05) is 18.4 Å². The van der Waals surface area contributed by atoms with E-state index in [1.807, 2.05) is 30.3 Å². The van der Waals surface area contributed by atoms with Crippen molar-refractivity contribution in [3.05, 3.63) is 88.2 Å². The topological polar surface area (TPSA) is 102 Å². The van der Waals surface area contributed by atoms with Crippen LogP contribution in [0.25, 0.3) is 0 Å². The summed E-state index contributed by atoms with van der Waals surface area (Å²) in [6.07, 6.45) is 3.26. The first-order valence-electron chi connectivity index (χ1n) is 8.45. The summed E-state index contributed by atoms with van der Waals surface area (Å²) in [5.74, 6) is -0.195. The molecule has 2 aromatic carbocycles. The van der Waals surface area contributed by atoms with Crippen molar-refractivity contribution in [1.82, 2.24) is 15.1 Å². The zero-order valence-electron chi connectivity index (χ0n) is 14.5. The monoisotopic (exact) mass is 365 g/mol. The number of carbonyl (C=O) groups excluding carboxylic acids is 1. The van der Waals surface area contributed by atoms with Gasteiger partial charge in [0.2, 0.25) is 0 Å². The predicted octanol–water partition coefficient (Wildman–Crippen LogP) is 2.68. The number of hydrogen-bond acceptors (Lipinski definition) is 5. The minimum atomic E-state index is -0.442. The highest BCUT2D eigenvalue weighted by molar-refractivity contribution is 5.93. The van der Waals surface area contributed by atoms with Gasteiger partial charge < -0.3 is 10.6 Å². The Morgan fingerprint density at radius 1 is 1.07 bits per heavy atom. The number of carbonyl (C=O) groups is 1. The zero-order valence-corrected chi connectivity index (χ0v) is 14.5. The van der Waals surface area contributed by atoms with Crippen LogP contribution in [0.3, 0.4) is 0 Å². The van der Waals surface area contributed by atoms with E-state index in [0.717, 1.165) is 11.3 Å². The summed E-state index contributed by atoms with van der Waals surface area (Å²) in [6.45, 7) is 1.53.